The van der Waals surface area contributed by atoms with Crippen molar-refractivity contribution in [3.63, 3.8) is 0 Å². The summed E-state index contributed by atoms with van der Waals surface area (Å²) in [6, 6.07) is 8.10. The number of methoxy groups -OCH3 is 1. The number of hydrogen-bond acceptors (Lipinski definition) is 3. The first-order valence-electron chi connectivity index (χ1n) is 6.28. The molecule has 2 fully saturated rings. The van der Waals surface area contributed by atoms with Gasteiger partial charge >= 0.3 is 0 Å². The molecule has 1 aromatic carbocycles. The lowest BCUT2D eigenvalue weighted by Crippen LogP contribution is -2.62. The molecular formula is C14H19NO2. The first-order chi connectivity index (χ1) is 8.21. The van der Waals surface area contributed by atoms with Crippen LogP contribution in [0.25, 0.3) is 0 Å². The van der Waals surface area contributed by atoms with E-state index in [1.165, 1.54) is 18.4 Å². The maximum Gasteiger partial charge on any atom is 0.123 e. The molecular weight excluding hydrogens is 214 g/mol. The number of likely N-dealkylation sites (tertiary alicyclic amines) is 1. The zero-order valence-electron chi connectivity index (χ0n) is 10.2. The molecule has 1 aliphatic carbocycles. The molecule has 92 valence electrons. The topological polar surface area (TPSA) is 32.7 Å². The molecule has 1 N–H and O–H groups in total. The van der Waals surface area contributed by atoms with Crippen LogP contribution < -0.4 is 4.74 Å². The van der Waals surface area contributed by atoms with E-state index in [9.17, 15) is 5.11 Å². The average molecular weight is 233 g/mol. The summed E-state index contributed by atoms with van der Waals surface area (Å²) in [6.45, 7) is 2.50. The minimum atomic E-state index is -0.387. The molecule has 0 aromatic heterocycles. The van der Waals surface area contributed by atoms with Gasteiger partial charge in [0.2, 0.25) is 0 Å². The third-order valence-corrected chi connectivity index (χ3v) is 3.92. The van der Waals surface area contributed by atoms with Crippen LogP contribution in [0.3, 0.4) is 0 Å². The van der Waals surface area contributed by atoms with Crippen LogP contribution >= 0.6 is 0 Å². The van der Waals surface area contributed by atoms with Crippen molar-refractivity contribution in [2.24, 2.45) is 5.92 Å². The van der Waals surface area contributed by atoms with Crippen molar-refractivity contribution in [2.75, 3.05) is 20.2 Å². The molecule has 0 unspecified atom stereocenters. The van der Waals surface area contributed by atoms with E-state index in [2.05, 4.69) is 11.0 Å². The highest BCUT2D eigenvalue weighted by Crippen LogP contribution is 2.44. The lowest BCUT2D eigenvalue weighted by atomic mass is 9.88. The van der Waals surface area contributed by atoms with Crippen LogP contribution in [0, 0.1) is 5.92 Å². The van der Waals surface area contributed by atoms with Crippen molar-refractivity contribution in [1.82, 2.24) is 4.90 Å². The van der Waals surface area contributed by atoms with Crippen LogP contribution in [-0.4, -0.2) is 35.8 Å². The number of β-amino-alcohol motifs (C(OH)–C–C–N with tert-alkyl or cyclic N) is 1. The van der Waals surface area contributed by atoms with Gasteiger partial charge in [-0.1, -0.05) is 18.2 Å². The summed E-state index contributed by atoms with van der Waals surface area (Å²) in [5.41, 5.74) is 0.815. The number of para-hydroxylation sites is 1. The Morgan fingerprint density at radius 2 is 2.06 bits per heavy atom. The molecule has 1 aliphatic heterocycles. The molecule has 0 amide bonds. The molecule has 0 bridgehead atoms. The van der Waals surface area contributed by atoms with Gasteiger partial charge in [0.1, 0.15) is 5.75 Å². The van der Waals surface area contributed by atoms with E-state index in [-0.39, 0.29) is 5.60 Å². The molecule has 1 heterocycles. The lowest BCUT2D eigenvalue weighted by molar-refractivity contribution is -0.116. The van der Waals surface area contributed by atoms with Crippen molar-refractivity contribution in [1.29, 1.82) is 0 Å². The minimum Gasteiger partial charge on any atom is -0.496 e. The molecule has 3 nitrogen and oxygen atoms in total. The van der Waals surface area contributed by atoms with Gasteiger partial charge in [0.15, 0.2) is 0 Å². The highest BCUT2D eigenvalue weighted by Gasteiger charge is 2.51. The molecule has 0 spiro atoms. The molecule has 1 saturated heterocycles. The predicted octanol–water partition coefficient (Wildman–Crippen LogP) is 1.65. The largest absolute Gasteiger partial charge is 0.496 e. The van der Waals surface area contributed by atoms with Crippen LogP contribution in [0.5, 0.6) is 5.75 Å². The second kappa shape index (κ2) is 4.00. The quantitative estimate of drug-likeness (QED) is 0.858. The first-order valence-corrected chi connectivity index (χ1v) is 6.28. The third kappa shape index (κ3) is 2.05. The molecule has 1 aromatic rings. The van der Waals surface area contributed by atoms with Gasteiger partial charge in [-0.2, -0.15) is 0 Å². The number of benzene rings is 1. The maximum absolute atomic E-state index is 10.3. The number of rotatable bonds is 4. The molecule has 3 rings (SSSR count). The van der Waals surface area contributed by atoms with Crippen LogP contribution in [0.4, 0.5) is 0 Å². The minimum absolute atomic E-state index is 0.387. The van der Waals surface area contributed by atoms with E-state index in [1.807, 2.05) is 18.2 Å². The first kappa shape index (κ1) is 11.1. The Morgan fingerprint density at radius 1 is 1.35 bits per heavy atom. The normalized spacial score (nSPS) is 23.2. The average Bonchev–Trinajstić information content (AvgIpc) is 3.11. The molecule has 2 aliphatic rings. The summed E-state index contributed by atoms with van der Waals surface area (Å²) < 4.78 is 5.34. The van der Waals surface area contributed by atoms with Gasteiger partial charge < -0.3 is 9.84 Å². The highest BCUT2D eigenvalue weighted by molar-refractivity contribution is 5.33. The Morgan fingerprint density at radius 3 is 2.71 bits per heavy atom. The fraction of sp³-hybridized carbons (Fsp3) is 0.571. The van der Waals surface area contributed by atoms with Crippen LogP contribution in [0.2, 0.25) is 0 Å². The standard InChI is InChI=1S/C14H19NO2/c1-17-13-5-3-2-4-11(13)8-15-9-14(16,10-15)12-6-7-12/h2-5,12,16H,6-10H2,1H3. The fourth-order valence-corrected chi connectivity index (χ4v) is 2.79. The van der Waals surface area contributed by atoms with E-state index in [0.717, 1.165) is 25.4 Å². The second-order valence-electron chi connectivity index (χ2n) is 5.33. The smallest absolute Gasteiger partial charge is 0.123 e. The zero-order valence-corrected chi connectivity index (χ0v) is 10.2. The summed E-state index contributed by atoms with van der Waals surface area (Å²) in [5, 5.41) is 10.3. The maximum atomic E-state index is 10.3. The van der Waals surface area contributed by atoms with Gasteiger partial charge in [0.25, 0.3) is 0 Å². The van der Waals surface area contributed by atoms with Crippen LogP contribution in [0.1, 0.15) is 18.4 Å². The molecule has 17 heavy (non-hydrogen) atoms. The van der Waals surface area contributed by atoms with Gasteiger partial charge in [-0.05, 0) is 24.8 Å². The summed E-state index contributed by atoms with van der Waals surface area (Å²) in [6.07, 6.45) is 2.41. The van der Waals surface area contributed by atoms with Crippen molar-refractivity contribution in [3.05, 3.63) is 29.8 Å². The summed E-state index contributed by atoms with van der Waals surface area (Å²) in [5.74, 6) is 1.51. The SMILES string of the molecule is COc1ccccc1CN1CC(O)(C2CC2)C1. The van der Waals surface area contributed by atoms with Gasteiger partial charge in [0.05, 0.1) is 12.7 Å². The van der Waals surface area contributed by atoms with E-state index in [1.54, 1.807) is 7.11 Å². The molecule has 0 radical (unpaired) electrons. The highest BCUT2D eigenvalue weighted by atomic mass is 16.5. The van der Waals surface area contributed by atoms with Gasteiger partial charge in [-0.15, -0.1) is 0 Å². The number of aliphatic hydroxyl groups is 1. The van der Waals surface area contributed by atoms with Gasteiger partial charge in [0, 0.05) is 25.2 Å². The van der Waals surface area contributed by atoms with E-state index in [0.29, 0.717) is 5.92 Å². The fourth-order valence-electron chi connectivity index (χ4n) is 2.79. The monoisotopic (exact) mass is 233 g/mol. The molecule has 0 atom stereocenters. The number of ether oxygens (including phenoxy) is 1. The Bertz CT molecular complexity index is 408. The Balaban J connectivity index is 1.61. The molecule has 1 saturated carbocycles. The Labute approximate surface area is 102 Å². The van der Waals surface area contributed by atoms with E-state index in [4.69, 9.17) is 4.74 Å². The third-order valence-electron chi connectivity index (χ3n) is 3.92. The number of hydrogen-bond donors (Lipinski definition) is 1. The number of nitrogens with zero attached hydrogens (tertiary/aromatic N) is 1. The van der Waals surface area contributed by atoms with Crippen LogP contribution in [-0.2, 0) is 6.54 Å². The van der Waals surface area contributed by atoms with Crippen molar-refractivity contribution in [2.45, 2.75) is 25.0 Å². The molecule has 3 heteroatoms. The summed E-state index contributed by atoms with van der Waals surface area (Å²) in [4.78, 5) is 2.29. The Hall–Kier alpha value is -1.06. The summed E-state index contributed by atoms with van der Waals surface area (Å²) >= 11 is 0. The summed E-state index contributed by atoms with van der Waals surface area (Å²) in [7, 11) is 1.70. The predicted molar refractivity (Wildman–Crippen MR) is 65.9 cm³/mol. The van der Waals surface area contributed by atoms with Crippen LogP contribution in [0.15, 0.2) is 24.3 Å². The van der Waals surface area contributed by atoms with Gasteiger partial charge in [-0.25, -0.2) is 0 Å². The van der Waals surface area contributed by atoms with Gasteiger partial charge in [-0.3, -0.25) is 4.90 Å². The van der Waals surface area contributed by atoms with Crippen molar-refractivity contribution in [3.8, 4) is 5.75 Å². The van der Waals surface area contributed by atoms with Crippen molar-refractivity contribution < 1.29 is 9.84 Å². The zero-order chi connectivity index (χ0) is 11.9. The lowest BCUT2D eigenvalue weighted by Gasteiger charge is -2.47. The van der Waals surface area contributed by atoms with E-state index >= 15 is 0 Å². The van der Waals surface area contributed by atoms with E-state index < -0.39 is 0 Å². The Kier molecular flexibility index (Phi) is 2.60. The second-order valence-corrected chi connectivity index (χ2v) is 5.33. The van der Waals surface area contributed by atoms with Crippen molar-refractivity contribution >= 4 is 0 Å².